The average molecular weight is 364 g/mol. The first-order valence-electron chi connectivity index (χ1n) is 7.75. The number of nitrogens with one attached hydrogen (secondary N) is 1. The van der Waals surface area contributed by atoms with Gasteiger partial charge in [-0.05, 0) is 18.2 Å². The highest BCUT2D eigenvalue weighted by molar-refractivity contribution is 6.34. The summed E-state index contributed by atoms with van der Waals surface area (Å²) in [5.41, 5.74) is 0.867. The number of carbonyl (C=O) groups is 1. The van der Waals surface area contributed by atoms with E-state index in [4.69, 9.17) is 30.5 Å². The van der Waals surface area contributed by atoms with Gasteiger partial charge in [-0.2, -0.15) is 0 Å². The van der Waals surface area contributed by atoms with Gasteiger partial charge in [0.05, 0.1) is 38.1 Å². The van der Waals surface area contributed by atoms with Crippen molar-refractivity contribution in [3.8, 4) is 23.0 Å². The fourth-order valence-corrected chi connectivity index (χ4v) is 2.65. The summed E-state index contributed by atoms with van der Waals surface area (Å²) >= 11 is 6.21. The highest BCUT2D eigenvalue weighted by Crippen LogP contribution is 2.36. The molecule has 132 valence electrons. The second-order valence-corrected chi connectivity index (χ2v) is 5.76. The van der Waals surface area contributed by atoms with Gasteiger partial charge in [0.1, 0.15) is 0 Å². The fourth-order valence-electron chi connectivity index (χ4n) is 2.45. The molecule has 1 amide bonds. The van der Waals surface area contributed by atoms with Crippen molar-refractivity contribution in [1.82, 2.24) is 0 Å². The second kappa shape index (κ2) is 7.53. The van der Waals surface area contributed by atoms with Crippen LogP contribution in [-0.4, -0.2) is 33.3 Å². The number of hydrogen-bond acceptors (Lipinski definition) is 5. The van der Waals surface area contributed by atoms with E-state index in [1.54, 1.807) is 30.3 Å². The van der Waals surface area contributed by atoms with Crippen LogP contribution in [0.1, 0.15) is 16.8 Å². The number of benzene rings is 2. The van der Waals surface area contributed by atoms with Crippen LogP contribution in [0.5, 0.6) is 23.0 Å². The molecule has 0 saturated carbocycles. The minimum Gasteiger partial charge on any atom is -0.493 e. The van der Waals surface area contributed by atoms with E-state index in [0.29, 0.717) is 52.5 Å². The zero-order valence-electron chi connectivity index (χ0n) is 13.9. The van der Waals surface area contributed by atoms with Gasteiger partial charge in [-0.15, -0.1) is 0 Å². The number of anilines is 1. The van der Waals surface area contributed by atoms with E-state index in [1.807, 2.05) is 0 Å². The van der Waals surface area contributed by atoms with Crippen molar-refractivity contribution in [3.05, 3.63) is 40.9 Å². The quantitative estimate of drug-likeness (QED) is 0.895. The van der Waals surface area contributed by atoms with E-state index in [-0.39, 0.29) is 5.91 Å². The Morgan fingerprint density at radius 1 is 1.04 bits per heavy atom. The number of methoxy groups -OCH3 is 2. The molecule has 2 aromatic rings. The molecule has 1 heterocycles. The van der Waals surface area contributed by atoms with Crippen molar-refractivity contribution in [2.45, 2.75) is 6.42 Å². The Hall–Kier alpha value is -2.60. The summed E-state index contributed by atoms with van der Waals surface area (Å²) in [6.45, 7) is 1.15. The van der Waals surface area contributed by atoms with Crippen LogP contribution < -0.4 is 24.3 Å². The lowest BCUT2D eigenvalue weighted by atomic mass is 10.1. The summed E-state index contributed by atoms with van der Waals surface area (Å²) in [6.07, 6.45) is 0.803. The van der Waals surface area contributed by atoms with Gasteiger partial charge < -0.3 is 24.3 Å². The summed E-state index contributed by atoms with van der Waals surface area (Å²) in [6, 6.07) is 8.26. The highest BCUT2D eigenvalue weighted by Gasteiger charge is 2.16. The predicted molar refractivity (Wildman–Crippen MR) is 94.6 cm³/mol. The van der Waals surface area contributed by atoms with E-state index >= 15 is 0 Å². The Labute approximate surface area is 150 Å². The van der Waals surface area contributed by atoms with E-state index in [9.17, 15) is 4.79 Å². The summed E-state index contributed by atoms with van der Waals surface area (Å²) in [5, 5.41) is 3.12. The molecule has 7 heteroatoms. The van der Waals surface area contributed by atoms with Crippen LogP contribution in [0.3, 0.4) is 0 Å². The number of hydrogen-bond donors (Lipinski definition) is 1. The van der Waals surface area contributed by atoms with E-state index in [2.05, 4.69) is 5.32 Å². The van der Waals surface area contributed by atoms with Gasteiger partial charge in [-0.3, -0.25) is 4.79 Å². The summed E-state index contributed by atoms with van der Waals surface area (Å²) in [5.74, 6) is 1.84. The van der Waals surface area contributed by atoms with Crippen LogP contribution in [0.4, 0.5) is 5.69 Å². The van der Waals surface area contributed by atoms with E-state index in [1.165, 1.54) is 14.2 Å². The Kier molecular flexibility index (Phi) is 5.19. The van der Waals surface area contributed by atoms with Crippen LogP contribution in [-0.2, 0) is 0 Å². The van der Waals surface area contributed by atoms with Crippen molar-refractivity contribution in [1.29, 1.82) is 0 Å². The molecule has 0 spiro atoms. The minimum absolute atomic E-state index is 0.315. The number of carbonyl (C=O) groups excluding carboxylic acids is 1. The Balaban J connectivity index is 1.84. The Morgan fingerprint density at radius 2 is 1.72 bits per heavy atom. The van der Waals surface area contributed by atoms with Crippen molar-refractivity contribution in [2.24, 2.45) is 0 Å². The average Bonchev–Trinajstić information content (AvgIpc) is 2.87. The molecule has 1 N–H and O–H groups in total. The first-order valence-corrected chi connectivity index (χ1v) is 8.12. The standard InChI is InChI=1S/C18H18ClNO5/c1-22-15-9-12(19)13(10-16(15)23-2)20-18(21)11-4-5-14-17(8-11)25-7-3-6-24-14/h4-5,8-10H,3,6-7H2,1-2H3,(H,20,21). The van der Waals surface area contributed by atoms with Crippen molar-refractivity contribution in [3.63, 3.8) is 0 Å². The first-order chi connectivity index (χ1) is 12.1. The number of ether oxygens (including phenoxy) is 4. The molecule has 0 bridgehead atoms. The third-order valence-electron chi connectivity index (χ3n) is 3.73. The molecule has 0 fully saturated rings. The summed E-state index contributed by atoms with van der Waals surface area (Å²) in [7, 11) is 3.03. The van der Waals surface area contributed by atoms with Crippen LogP contribution in [0.15, 0.2) is 30.3 Å². The molecule has 6 nitrogen and oxygen atoms in total. The molecule has 0 saturated heterocycles. The normalized spacial score (nSPS) is 12.9. The SMILES string of the molecule is COc1cc(Cl)c(NC(=O)c2ccc3c(c2)OCCCO3)cc1OC. The largest absolute Gasteiger partial charge is 0.493 e. The molecule has 2 aromatic carbocycles. The highest BCUT2D eigenvalue weighted by atomic mass is 35.5. The maximum Gasteiger partial charge on any atom is 0.255 e. The molecule has 0 aromatic heterocycles. The number of rotatable bonds is 4. The smallest absolute Gasteiger partial charge is 0.255 e. The van der Waals surface area contributed by atoms with Gasteiger partial charge in [-0.1, -0.05) is 11.6 Å². The molecule has 1 aliphatic heterocycles. The first kappa shape index (κ1) is 17.2. The van der Waals surface area contributed by atoms with Crippen molar-refractivity contribution < 1.29 is 23.7 Å². The van der Waals surface area contributed by atoms with Crippen molar-refractivity contribution >= 4 is 23.2 Å². The summed E-state index contributed by atoms with van der Waals surface area (Å²) in [4.78, 5) is 12.6. The molecule has 0 radical (unpaired) electrons. The van der Waals surface area contributed by atoms with Crippen LogP contribution in [0.2, 0.25) is 5.02 Å². The Bertz CT molecular complexity index is 793. The topological polar surface area (TPSA) is 66.0 Å². The maximum absolute atomic E-state index is 12.6. The van der Waals surface area contributed by atoms with Gasteiger partial charge >= 0.3 is 0 Å². The van der Waals surface area contributed by atoms with Gasteiger partial charge in [0.15, 0.2) is 23.0 Å². The molecular weight excluding hydrogens is 346 g/mol. The number of fused-ring (bicyclic) bond motifs is 1. The number of halogens is 1. The molecule has 25 heavy (non-hydrogen) atoms. The van der Waals surface area contributed by atoms with Crippen LogP contribution >= 0.6 is 11.6 Å². The fraction of sp³-hybridized carbons (Fsp3) is 0.278. The maximum atomic E-state index is 12.6. The van der Waals surface area contributed by atoms with Crippen LogP contribution in [0, 0.1) is 0 Å². The van der Waals surface area contributed by atoms with Gasteiger partial charge in [0, 0.05) is 24.1 Å². The molecular formula is C18H18ClNO5. The van der Waals surface area contributed by atoms with Crippen molar-refractivity contribution in [2.75, 3.05) is 32.8 Å². The van der Waals surface area contributed by atoms with E-state index < -0.39 is 0 Å². The molecule has 3 rings (SSSR count). The number of amides is 1. The third kappa shape index (κ3) is 3.74. The minimum atomic E-state index is -0.315. The molecule has 0 aliphatic carbocycles. The van der Waals surface area contributed by atoms with Gasteiger partial charge in [0.2, 0.25) is 0 Å². The predicted octanol–water partition coefficient (Wildman–Crippen LogP) is 3.77. The molecule has 0 unspecified atom stereocenters. The lowest BCUT2D eigenvalue weighted by Gasteiger charge is -2.13. The van der Waals surface area contributed by atoms with E-state index in [0.717, 1.165) is 6.42 Å². The second-order valence-electron chi connectivity index (χ2n) is 5.35. The zero-order chi connectivity index (χ0) is 17.8. The van der Waals surface area contributed by atoms with Crippen LogP contribution in [0.25, 0.3) is 0 Å². The van der Waals surface area contributed by atoms with Gasteiger partial charge in [0.25, 0.3) is 5.91 Å². The lowest BCUT2D eigenvalue weighted by Crippen LogP contribution is -2.12. The molecule has 0 atom stereocenters. The monoisotopic (exact) mass is 363 g/mol. The zero-order valence-corrected chi connectivity index (χ0v) is 14.7. The Morgan fingerprint density at radius 3 is 2.44 bits per heavy atom. The lowest BCUT2D eigenvalue weighted by molar-refractivity contribution is 0.102. The molecule has 1 aliphatic rings. The summed E-state index contributed by atoms with van der Waals surface area (Å²) < 4.78 is 21.6. The third-order valence-corrected chi connectivity index (χ3v) is 4.04. The van der Waals surface area contributed by atoms with Gasteiger partial charge in [-0.25, -0.2) is 0 Å².